The third-order valence-corrected chi connectivity index (χ3v) is 2.60. The Balaban J connectivity index is 2.03. The number of nitrogens with zero attached hydrogens (tertiary/aromatic N) is 2. The topological polar surface area (TPSA) is 27.1 Å². The Morgan fingerprint density at radius 2 is 2.00 bits per heavy atom. The molecule has 1 aromatic carbocycles. The fourth-order valence-corrected chi connectivity index (χ4v) is 1.81. The largest absolute Gasteiger partial charge is 0.472 e. The zero-order valence-corrected chi connectivity index (χ0v) is 10.4. The van der Waals surface area contributed by atoms with Gasteiger partial charge in [0.25, 0.3) is 0 Å². The van der Waals surface area contributed by atoms with Crippen LogP contribution in [0.5, 0.6) is 5.88 Å². The Labute approximate surface area is 102 Å². The van der Waals surface area contributed by atoms with Crippen molar-refractivity contribution in [2.75, 3.05) is 0 Å². The summed E-state index contributed by atoms with van der Waals surface area (Å²) in [6, 6.07) is 10.2. The van der Waals surface area contributed by atoms with Crippen molar-refractivity contribution in [1.29, 1.82) is 0 Å². The summed E-state index contributed by atoms with van der Waals surface area (Å²) in [7, 11) is 1.93. The van der Waals surface area contributed by atoms with Crippen molar-refractivity contribution in [1.82, 2.24) is 9.78 Å². The fourth-order valence-electron chi connectivity index (χ4n) is 1.81. The molecule has 0 N–H and O–H groups in total. The molecule has 0 amide bonds. The van der Waals surface area contributed by atoms with Crippen molar-refractivity contribution in [3.63, 3.8) is 0 Å². The van der Waals surface area contributed by atoms with Gasteiger partial charge in [-0.05, 0) is 12.0 Å². The summed E-state index contributed by atoms with van der Waals surface area (Å²) in [4.78, 5) is 0. The van der Waals surface area contributed by atoms with Crippen LogP contribution < -0.4 is 4.74 Å². The SMILES string of the molecule is CCCc1cn(C)nc1OCc1ccccc1. The van der Waals surface area contributed by atoms with E-state index in [0.717, 1.165) is 18.7 Å². The van der Waals surface area contributed by atoms with E-state index in [9.17, 15) is 0 Å². The molecular formula is C14H18N2O. The van der Waals surface area contributed by atoms with Gasteiger partial charge < -0.3 is 4.74 Å². The van der Waals surface area contributed by atoms with E-state index in [2.05, 4.69) is 24.2 Å². The fraction of sp³-hybridized carbons (Fsp3) is 0.357. The average molecular weight is 230 g/mol. The smallest absolute Gasteiger partial charge is 0.236 e. The number of ether oxygens (including phenoxy) is 1. The maximum Gasteiger partial charge on any atom is 0.236 e. The van der Waals surface area contributed by atoms with Gasteiger partial charge in [0.1, 0.15) is 6.61 Å². The second-order valence-electron chi connectivity index (χ2n) is 4.16. The summed E-state index contributed by atoms with van der Waals surface area (Å²) in [6.45, 7) is 2.74. The van der Waals surface area contributed by atoms with Crippen LogP contribution in [0.15, 0.2) is 36.5 Å². The van der Waals surface area contributed by atoms with Crippen LogP contribution in [0, 0.1) is 0 Å². The van der Waals surface area contributed by atoms with Crippen molar-refractivity contribution in [2.24, 2.45) is 7.05 Å². The number of hydrogen-bond acceptors (Lipinski definition) is 2. The monoisotopic (exact) mass is 230 g/mol. The standard InChI is InChI=1S/C14H18N2O/c1-3-7-13-10-16(2)15-14(13)17-11-12-8-5-4-6-9-12/h4-6,8-10H,3,7,11H2,1-2H3. The van der Waals surface area contributed by atoms with Crippen LogP contribution in [0.2, 0.25) is 0 Å². The van der Waals surface area contributed by atoms with E-state index in [0.29, 0.717) is 6.61 Å². The minimum Gasteiger partial charge on any atom is -0.472 e. The van der Waals surface area contributed by atoms with Gasteiger partial charge in [-0.1, -0.05) is 43.7 Å². The van der Waals surface area contributed by atoms with E-state index in [4.69, 9.17) is 4.74 Å². The Hall–Kier alpha value is -1.77. The summed E-state index contributed by atoms with van der Waals surface area (Å²) >= 11 is 0. The molecule has 0 atom stereocenters. The van der Waals surface area contributed by atoms with Gasteiger partial charge in [0.05, 0.1) is 0 Å². The zero-order chi connectivity index (χ0) is 12.1. The lowest BCUT2D eigenvalue weighted by atomic mass is 10.2. The summed E-state index contributed by atoms with van der Waals surface area (Å²) in [6.07, 6.45) is 4.15. The predicted molar refractivity (Wildman–Crippen MR) is 68.0 cm³/mol. The molecule has 17 heavy (non-hydrogen) atoms. The maximum absolute atomic E-state index is 5.76. The van der Waals surface area contributed by atoms with E-state index in [1.807, 2.05) is 36.1 Å². The van der Waals surface area contributed by atoms with Crippen LogP contribution >= 0.6 is 0 Å². The summed E-state index contributed by atoms with van der Waals surface area (Å²) in [5, 5.41) is 4.34. The number of aryl methyl sites for hydroxylation is 2. The molecule has 0 unspecified atom stereocenters. The van der Waals surface area contributed by atoms with Crippen LogP contribution in [-0.4, -0.2) is 9.78 Å². The molecule has 0 radical (unpaired) electrons. The number of aromatic nitrogens is 2. The lowest BCUT2D eigenvalue weighted by Gasteiger charge is -2.04. The molecule has 1 heterocycles. The van der Waals surface area contributed by atoms with E-state index in [-0.39, 0.29) is 0 Å². The third kappa shape index (κ3) is 3.09. The van der Waals surface area contributed by atoms with Gasteiger partial charge in [-0.3, -0.25) is 4.68 Å². The van der Waals surface area contributed by atoms with E-state index >= 15 is 0 Å². The summed E-state index contributed by atoms with van der Waals surface area (Å²) in [5.74, 6) is 0.762. The third-order valence-electron chi connectivity index (χ3n) is 2.60. The molecule has 0 aliphatic heterocycles. The van der Waals surface area contributed by atoms with Gasteiger partial charge in [0, 0.05) is 18.8 Å². The molecule has 1 aromatic heterocycles. The first-order valence-electron chi connectivity index (χ1n) is 5.99. The van der Waals surface area contributed by atoms with Crippen LogP contribution in [-0.2, 0) is 20.1 Å². The van der Waals surface area contributed by atoms with Gasteiger partial charge in [-0.15, -0.1) is 5.10 Å². The highest BCUT2D eigenvalue weighted by atomic mass is 16.5. The minimum atomic E-state index is 0.578. The highest BCUT2D eigenvalue weighted by Gasteiger charge is 2.07. The lowest BCUT2D eigenvalue weighted by molar-refractivity contribution is 0.288. The first-order chi connectivity index (χ1) is 8.29. The van der Waals surface area contributed by atoms with Gasteiger partial charge in [0.15, 0.2) is 0 Å². The number of benzene rings is 1. The molecule has 0 saturated carbocycles. The lowest BCUT2D eigenvalue weighted by Crippen LogP contribution is -1.98. The quantitative estimate of drug-likeness (QED) is 0.789. The average Bonchev–Trinajstić information content (AvgIpc) is 2.69. The highest BCUT2D eigenvalue weighted by Crippen LogP contribution is 2.18. The molecule has 3 heteroatoms. The normalized spacial score (nSPS) is 10.5. The van der Waals surface area contributed by atoms with Gasteiger partial charge in [-0.25, -0.2) is 0 Å². The molecule has 0 bridgehead atoms. The number of rotatable bonds is 5. The Bertz CT molecular complexity index is 462. The highest BCUT2D eigenvalue weighted by molar-refractivity contribution is 5.24. The van der Waals surface area contributed by atoms with E-state index in [1.165, 1.54) is 11.1 Å². The molecular weight excluding hydrogens is 212 g/mol. The van der Waals surface area contributed by atoms with Gasteiger partial charge in [0.2, 0.25) is 5.88 Å². The Morgan fingerprint density at radius 3 is 2.71 bits per heavy atom. The van der Waals surface area contributed by atoms with E-state index < -0.39 is 0 Å². The summed E-state index contributed by atoms with van der Waals surface area (Å²) in [5.41, 5.74) is 2.35. The van der Waals surface area contributed by atoms with Crippen LogP contribution in [0.1, 0.15) is 24.5 Å². The first kappa shape index (κ1) is 11.7. The van der Waals surface area contributed by atoms with E-state index in [1.54, 1.807) is 0 Å². The van der Waals surface area contributed by atoms with Crippen molar-refractivity contribution in [3.05, 3.63) is 47.7 Å². The minimum absolute atomic E-state index is 0.578. The van der Waals surface area contributed by atoms with Crippen LogP contribution in [0.4, 0.5) is 0 Å². The second-order valence-corrected chi connectivity index (χ2v) is 4.16. The van der Waals surface area contributed by atoms with Gasteiger partial charge in [-0.2, -0.15) is 0 Å². The van der Waals surface area contributed by atoms with Crippen molar-refractivity contribution >= 4 is 0 Å². The molecule has 0 fully saturated rings. The Morgan fingerprint density at radius 1 is 1.24 bits per heavy atom. The molecule has 2 rings (SSSR count). The second kappa shape index (κ2) is 5.53. The molecule has 3 nitrogen and oxygen atoms in total. The summed E-state index contributed by atoms with van der Waals surface area (Å²) < 4.78 is 7.58. The molecule has 0 spiro atoms. The molecule has 0 aliphatic carbocycles. The first-order valence-corrected chi connectivity index (χ1v) is 5.99. The molecule has 90 valence electrons. The molecule has 2 aromatic rings. The van der Waals surface area contributed by atoms with Crippen LogP contribution in [0.3, 0.4) is 0 Å². The zero-order valence-electron chi connectivity index (χ0n) is 10.4. The van der Waals surface area contributed by atoms with Crippen LogP contribution in [0.25, 0.3) is 0 Å². The predicted octanol–water partition coefficient (Wildman–Crippen LogP) is 2.95. The Kier molecular flexibility index (Phi) is 3.81. The van der Waals surface area contributed by atoms with Crippen molar-refractivity contribution in [3.8, 4) is 5.88 Å². The van der Waals surface area contributed by atoms with Gasteiger partial charge >= 0.3 is 0 Å². The molecule has 0 saturated heterocycles. The maximum atomic E-state index is 5.76. The van der Waals surface area contributed by atoms with Crippen molar-refractivity contribution in [2.45, 2.75) is 26.4 Å². The molecule has 0 aliphatic rings. The van der Waals surface area contributed by atoms with Crippen molar-refractivity contribution < 1.29 is 4.74 Å². The number of hydrogen-bond donors (Lipinski definition) is 0.